The van der Waals surface area contributed by atoms with Crippen LogP contribution in [0.2, 0.25) is 0 Å². The number of hydrogen-bond donors (Lipinski definition) is 0. The number of halogens is 2. The van der Waals surface area contributed by atoms with Crippen molar-refractivity contribution < 1.29 is 13.3 Å². The second-order valence-electron chi connectivity index (χ2n) is 6.24. The normalized spacial score (nSPS) is 58.8. The van der Waals surface area contributed by atoms with Crippen molar-refractivity contribution in [2.45, 2.75) is 36.7 Å². The predicted molar refractivity (Wildman–Crippen MR) is 62.8 cm³/mol. The highest BCUT2D eigenvalue weighted by atomic mass is 35.5. The van der Waals surface area contributed by atoms with E-state index in [4.69, 9.17) is 28.0 Å². The molecule has 2 saturated heterocycles. The summed E-state index contributed by atoms with van der Waals surface area (Å²) in [4.78, 5) is 5.44. The second kappa shape index (κ2) is 2.40. The fraction of sp³-hybridized carbons (Fsp3) is 1.00. The summed E-state index contributed by atoms with van der Waals surface area (Å²) in [5, 5.41) is 0. The molecule has 2 spiro atoms. The first-order valence-corrected chi connectivity index (χ1v) is 8.10. The van der Waals surface area contributed by atoms with Gasteiger partial charge in [0.2, 0.25) is 15.7 Å². The Labute approximate surface area is 110 Å². The lowest BCUT2D eigenvalue weighted by Crippen LogP contribution is -2.48. The maximum Gasteiger partial charge on any atom is 0.239 e. The summed E-state index contributed by atoms with van der Waals surface area (Å²) in [6.45, 7) is 4.14. The van der Waals surface area contributed by atoms with Gasteiger partial charge in [-0.15, -0.1) is 0 Å². The molecule has 0 radical (unpaired) electrons. The SMILES string of the molecule is CC1(C)C2CCC13CS(=O)(=O)N1OC13C2(Cl)Cl. The molecular formula is C10H13Cl2NO3S. The number of hydrogen-bond acceptors (Lipinski definition) is 3. The van der Waals surface area contributed by atoms with Gasteiger partial charge in [0.25, 0.3) is 0 Å². The largest absolute Gasteiger partial charge is 0.251 e. The van der Waals surface area contributed by atoms with Gasteiger partial charge in [0.15, 0.2) is 4.33 Å². The Balaban J connectivity index is 2.05. The summed E-state index contributed by atoms with van der Waals surface area (Å²) in [5.41, 5.74) is -1.66. The predicted octanol–water partition coefficient (Wildman–Crippen LogP) is 1.88. The summed E-state index contributed by atoms with van der Waals surface area (Å²) in [6, 6.07) is 0. The van der Waals surface area contributed by atoms with Gasteiger partial charge < -0.3 is 0 Å². The van der Waals surface area contributed by atoms with Crippen LogP contribution in [0.4, 0.5) is 0 Å². The van der Waals surface area contributed by atoms with E-state index in [1.165, 1.54) is 0 Å². The molecular weight excluding hydrogens is 285 g/mol. The highest BCUT2D eigenvalue weighted by molar-refractivity contribution is 7.89. The van der Waals surface area contributed by atoms with Crippen molar-refractivity contribution in [1.82, 2.24) is 4.47 Å². The molecule has 2 bridgehead atoms. The number of rotatable bonds is 0. The van der Waals surface area contributed by atoms with Gasteiger partial charge in [-0.3, -0.25) is 4.84 Å². The van der Waals surface area contributed by atoms with Gasteiger partial charge in [-0.05, 0) is 22.7 Å². The quantitative estimate of drug-likeness (QED) is 0.507. The van der Waals surface area contributed by atoms with Crippen molar-refractivity contribution in [3.8, 4) is 0 Å². The van der Waals surface area contributed by atoms with Crippen LogP contribution in [0, 0.1) is 16.7 Å². The molecule has 4 aliphatic rings. The Morgan fingerprint density at radius 2 is 2.00 bits per heavy atom. The van der Waals surface area contributed by atoms with Crippen LogP contribution in [0.3, 0.4) is 0 Å². The number of nitrogens with zero attached hydrogens (tertiary/aromatic N) is 1. The van der Waals surface area contributed by atoms with E-state index in [0.717, 1.165) is 17.3 Å². The third kappa shape index (κ3) is 0.778. The molecule has 0 aromatic carbocycles. The van der Waals surface area contributed by atoms with Crippen LogP contribution in [-0.2, 0) is 14.9 Å². The highest BCUT2D eigenvalue weighted by Crippen LogP contribution is 2.85. The maximum atomic E-state index is 12.1. The molecule has 2 heterocycles. The molecule has 96 valence electrons. The van der Waals surface area contributed by atoms with Crippen LogP contribution in [0.1, 0.15) is 26.7 Å². The Bertz CT molecular complexity index is 538. The zero-order valence-corrected chi connectivity index (χ0v) is 11.9. The lowest BCUT2D eigenvalue weighted by Gasteiger charge is -2.36. The van der Waals surface area contributed by atoms with E-state index in [-0.39, 0.29) is 17.1 Å². The lowest BCUT2D eigenvalue weighted by atomic mass is 9.68. The summed E-state index contributed by atoms with van der Waals surface area (Å²) in [5.74, 6) is 0.198. The molecule has 4 unspecified atom stereocenters. The van der Waals surface area contributed by atoms with Crippen LogP contribution >= 0.6 is 23.2 Å². The molecule has 0 aromatic rings. The first kappa shape index (κ1) is 11.3. The smallest absolute Gasteiger partial charge is 0.239 e. The maximum absolute atomic E-state index is 12.1. The van der Waals surface area contributed by atoms with E-state index in [9.17, 15) is 8.42 Å². The van der Waals surface area contributed by atoms with Crippen LogP contribution in [0.15, 0.2) is 0 Å². The van der Waals surface area contributed by atoms with Crippen LogP contribution < -0.4 is 0 Å². The first-order chi connectivity index (χ1) is 7.64. The molecule has 4 rings (SSSR count). The van der Waals surface area contributed by atoms with E-state index in [1.54, 1.807) is 0 Å². The Morgan fingerprint density at radius 3 is 2.53 bits per heavy atom. The molecule has 0 N–H and O–H groups in total. The van der Waals surface area contributed by atoms with Gasteiger partial charge in [-0.2, -0.15) is 0 Å². The molecule has 0 aromatic heterocycles. The van der Waals surface area contributed by atoms with Gasteiger partial charge in [0.1, 0.15) is 0 Å². The molecule has 2 aliphatic carbocycles. The summed E-state index contributed by atoms with van der Waals surface area (Å²) < 4.78 is 24.1. The van der Waals surface area contributed by atoms with Crippen molar-refractivity contribution in [3.63, 3.8) is 0 Å². The molecule has 4 fully saturated rings. The third-order valence-corrected chi connectivity index (χ3v) is 8.36. The first-order valence-electron chi connectivity index (χ1n) is 5.74. The minimum absolute atomic E-state index is 0.0823. The molecule has 2 aliphatic heterocycles. The third-order valence-electron chi connectivity index (χ3n) is 5.62. The average Bonchev–Trinajstić information content (AvgIpc) is 2.78. The zero-order valence-electron chi connectivity index (χ0n) is 9.53. The monoisotopic (exact) mass is 297 g/mol. The fourth-order valence-corrected chi connectivity index (χ4v) is 8.56. The summed E-state index contributed by atoms with van der Waals surface area (Å²) in [7, 11) is -3.36. The van der Waals surface area contributed by atoms with E-state index in [0.29, 0.717) is 0 Å². The highest BCUT2D eigenvalue weighted by Gasteiger charge is 2.97. The molecule has 4 atom stereocenters. The number of alkyl halides is 2. The summed E-state index contributed by atoms with van der Waals surface area (Å²) >= 11 is 13.0. The van der Waals surface area contributed by atoms with Crippen molar-refractivity contribution in [3.05, 3.63) is 0 Å². The van der Waals surface area contributed by atoms with Gasteiger partial charge in [-0.1, -0.05) is 37.0 Å². The molecule has 2 saturated carbocycles. The Morgan fingerprint density at radius 1 is 1.35 bits per heavy atom. The average molecular weight is 298 g/mol. The molecule has 17 heavy (non-hydrogen) atoms. The van der Waals surface area contributed by atoms with E-state index in [2.05, 4.69) is 13.8 Å². The number of fused-ring (bicyclic) bond motifs is 1. The minimum Gasteiger partial charge on any atom is -0.251 e. The standard InChI is InChI=1S/C10H13Cl2NO3S/c1-7(2)6-3-4-8(7)5-17(14,15)13-10(8,16-13)9(6,11)12/h6H,3-5H2,1-2H3. The minimum atomic E-state index is -3.36. The molecule has 4 nitrogen and oxygen atoms in total. The van der Waals surface area contributed by atoms with Crippen molar-refractivity contribution in [2.75, 3.05) is 5.75 Å². The van der Waals surface area contributed by atoms with Crippen LogP contribution in [0.5, 0.6) is 0 Å². The Hall–Kier alpha value is 0.450. The van der Waals surface area contributed by atoms with Crippen molar-refractivity contribution in [1.29, 1.82) is 0 Å². The molecule has 7 heteroatoms. The molecule has 0 amide bonds. The second-order valence-corrected chi connectivity index (χ2v) is 9.41. The lowest BCUT2D eigenvalue weighted by molar-refractivity contribution is 0.0704. The topological polar surface area (TPSA) is 49.7 Å². The van der Waals surface area contributed by atoms with Gasteiger partial charge in [0, 0.05) is 11.3 Å². The van der Waals surface area contributed by atoms with Gasteiger partial charge in [-0.25, -0.2) is 8.42 Å². The zero-order chi connectivity index (χ0) is 12.5. The van der Waals surface area contributed by atoms with Crippen molar-refractivity contribution >= 4 is 33.2 Å². The van der Waals surface area contributed by atoms with Crippen LogP contribution in [-0.4, -0.2) is 28.7 Å². The fourth-order valence-electron chi connectivity index (χ4n) is 4.73. The van der Waals surface area contributed by atoms with Gasteiger partial charge in [0.05, 0.1) is 5.75 Å². The van der Waals surface area contributed by atoms with Crippen molar-refractivity contribution in [2.24, 2.45) is 16.7 Å². The van der Waals surface area contributed by atoms with E-state index in [1.807, 2.05) is 0 Å². The van der Waals surface area contributed by atoms with Crippen LogP contribution in [0.25, 0.3) is 0 Å². The number of hydroxylamine groups is 1. The summed E-state index contributed by atoms with van der Waals surface area (Å²) in [6.07, 6.45) is 1.69. The van der Waals surface area contributed by atoms with E-state index >= 15 is 0 Å². The Kier molecular flexibility index (Phi) is 1.59. The van der Waals surface area contributed by atoms with E-state index < -0.39 is 25.5 Å². The number of sulfonamides is 1. The van der Waals surface area contributed by atoms with Gasteiger partial charge >= 0.3 is 0 Å².